The van der Waals surface area contributed by atoms with Gasteiger partial charge < -0.3 is 15.2 Å². The van der Waals surface area contributed by atoms with Crippen molar-refractivity contribution >= 4 is 27.8 Å². The lowest BCUT2D eigenvalue weighted by Crippen LogP contribution is -2.27. The number of hydrogen-bond donors (Lipinski definition) is 2. The molecule has 0 aliphatic heterocycles. The van der Waals surface area contributed by atoms with Gasteiger partial charge in [-0.15, -0.1) is 0 Å². The highest BCUT2D eigenvalue weighted by Crippen LogP contribution is 2.15. The molecule has 1 aromatic carbocycles. The van der Waals surface area contributed by atoms with E-state index in [1.165, 1.54) is 0 Å². The van der Waals surface area contributed by atoms with Crippen molar-refractivity contribution in [1.82, 2.24) is 5.32 Å². The van der Waals surface area contributed by atoms with Crippen molar-refractivity contribution in [2.45, 2.75) is 12.8 Å². The number of carboxylic acid groups (broad SMARTS) is 1. The van der Waals surface area contributed by atoms with Gasteiger partial charge in [0.1, 0.15) is 5.75 Å². The minimum atomic E-state index is -0.929. The summed E-state index contributed by atoms with van der Waals surface area (Å²) in [4.78, 5) is 21.5. The van der Waals surface area contributed by atoms with E-state index in [-0.39, 0.29) is 31.9 Å². The molecule has 18 heavy (non-hydrogen) atoms. The average Bonchev–Trinajstić information content (AvgIpc) is 2.31. The second-order valence-electron chi connectivity index (χ2n) is 3.55. The van der Waals surface area contributed by atoms with Crippen LogP contribution in [0, 0.1) is 0 Å². The summed E-state index contributed by atoms with van der Waals surface area (Å²) in [5.41, 5.74) is 0. The predicted molar refractivity (Wildman–Crippen MR) is 69.5 cm³/mol. The van der Waals surface area contributed by atoms with Crippen LogP contribution in [0.4, 0.5) is 0 Å². The Morgan fingerprint density at radius 3 is 2.50 bits per heavy atom. The Kier molecular flexibility index (Phi) is 6.21. The normalized spacial score (nSPS) is 9.83. The van der Waals surface area contributed by atoms with Crippen LogP contribution in [0.3, 0.4) is 0 Å². The molecule has 1 aromatic rings. The highest BCUT2D eigenvalue weighted by atomic mass is 79.9. The van der Waals surface area contributed by atoms with Crippen LogP contribution in [-0.4, -0.2) is 30.1 Å². The third-order valence-electron chi connectivity index (χ3n) is 2.07. The molecule has 0 aromatic heterocycles. The van der Waals surface area contributed by atoms with Crippen molar-refractivity contribution in [2.24, 2.45) is 0 Å². The number of halogens is 1. The molecule has 0 heterocycles. The summed E-state index contributed by atoms with van der Waals surface area (Å²) in [5, 5.41) is 10.9. The Bertz CT molecular complexity index is 405. The van der Waals surface area contributed by atoms with Gasteiger partial charge in [-0.05, 0) is 24.3 Å². The quantitative estimate of drug-likeness (QED) is 0.804. The third-order valence-corrected chi connectivity index (χ3v) is 2.60. The molecule has 0 aliphatic rings. The van der Waals surface area contributed by atoms with E-state index in [9.17, 15) is 9.59 Å². The summed E-state index contributed by atoms with van der Waals surface area (Å²) in [6, 6.07) is 7.30. The van der Waals surface area contributed by atoms with Crippen molar-refractivity contribution in [3.05, 3.63) is 28.7 Å². The zero-order chi connectivity index (χ0) is 13.4. The second-order valence-corrected chi connectivity index (χ2v) is 4.46. The Balaban J connectivity index is 2.15. The van der Waals surface area contributed by atoms with Crippen molar-refractivity contribution in [3.63, 3.8) is 0 Å². The number of hydrogen-bond acceptors (Lipinski definition) is 3. The number of carboxylic acids is 1. The first kappa shape index (κ1) is 14.5. The molecule has 0 saturated carbocycles. The summed E-state index contributed by atoms with van der Waals surface area (Å²) < 4.78 is 6.32. The van der Waals surface area contributed by atoms with Gasteiger partial charge in [0.05, 0.1) is 19.4 Å². The van der Waals surface area contributed by atoms with Gasteiger partial charge in [-0.1, -0.05) is 15.9 Å². The Morgan fingerprint density at radius 2 is 1.89 bits per heavy atom. The first-order valence-corrected chi connectivity index (χ1v) is 6.24. The lowest BCUT2D eigenvalue weighted by molar-refractivity contribution is -0.136. The molecular formula is C12H14BrNO4. The van der Waals surface area contributed by atoms with Crippen LogP contribution in [-0.2, 0) is 9.59 Å². The van der Waals surface area contributed by atoms with Crippen LogP contribution in [0.25, 0.3) is 0 Å². The maximum Gasteiger partial charge on any atom is 0.305 e. The minimum Gasteiger partial charge on any atom is -0.493 e. The van der Waals surface area contributed by atoms with Gasteiger partial charge in [0.2, 0.25) is 5.91 Å². The molecule has 0 fully saturated rings. The summed E-state index contributed by atoms with van der Waals surface area (Å²) in [6.45, 7) is 0.410. The van der Waals surface area contributed by atoms with E-state index in [1.54, 1.807) is 12.1 Å². The van der Waals surface area contributed by atoms with Crippen molar-refractivity contribution < 1.29 is 19.4 Å². The van der Waals surface area contributed by atoms with E-state index in [4.69, 9.17) is 9.84 Å². The summed E-state index contributed by atoms with van der Waals surface area (Å²) in [7, 11) is 0. The monoisotopic (exact) mass is 315 g/mol. The molecule has 5 nitrogen and oxygen atoms in total. The fourth-order valence-electron chi connectivity index (χ4n) is 1.19. The van der Waals surface area contributed by atoms with E-state index in [2.05, 4.69) is 21.2 Å². The van der Waals surface area contributed by atoms with Gasteiger partial charge in [0.15, 0.2) is 0 Å². The number of benzene rings is 1. The maximum atomic E-state index is 11.3. The molecule has 1 rings (SSSR count). The summed E-state index contributed by atoms with van der Waals surface area (Å²) in [6.07, 6.45) is 0.134. The summed E-state index contributed by atoms with van der Waals surface area (Å²) >= 11 is 3.31. The first-order chi connectivity index (χ1) is 8.58. The standard InChI is InChI=1S/C12H14BrNO4/c13-9-1-3-10(4-2-9)18-8-6-11(15)14-7-5-12(16)17/h1-4H,5-8H2,(H,14,15)(H,16,17). The van der Waals surface area contributed by atoms with Crippen LogP contribution in [0.5, 0.6) is 5.75 Å². The molecule has 98 valence electrons. The number of carbonyl (C=O) groups excluding carboxylic acids is 1. The van der Waals surface area contributed by atoms with Gasteiger partial charge in [0, 0.05) is 11.0 Å². The fourth-order valence-corrected chi connectivity index (χ4v) is 1.45. The number of rotatable bonds is 7. The second kappa shape index (κ2) is 7.71. The van der Waals surface area contributed by atoms with E-state index in [0.29, 0.717) is 5.75 Å². The Morgan fingerprint density at radius 1 is 1.22 bits per heavy atom. The van der Waals surface area contributed by atoms with Crippen molar-refractivity contribution in [1.29, 1.82) is 0 Å². The topological polar surface area (TPSA) is 75.6 Å². The van der Waals surface area contributed by atoms with Crippen LogP contribution in [0.2, 0.25) is 0 Å². The minimum absolute atomic E-state index is 0.0701. The highest BCUT2D eigenvalue weighted by Gasteiger charge is 2.03. The van der Waals surface area contributed by atoms with E-state index in [0.717, 1.165) is 4.47 Å². The van der Waals surface area contributed by atoms with Crippen LogP contribution >= 0.6 is 15.9 Å². The highest BCUT2D eigenvalue weighted by molar-refractivity contribution is 9.10. The molecule has 2 N–H and O–H groups in total. The molecular weight excluding hydrogens is 302 g/mol. The smallest absolute Gasteiger partial charge is 0.305 e. The zero-order valence-corrected chi connectivity index (χ0v) is 11.3. The molecule has 0 radical (unpaired) electrons. The van der Waals surface area contributed by atoms with E-state index in [1.807, 2.05) is 12.1 Å². The Labute approximate surface area is 113 Å². The average molecular weight is 316 g/mol. The number of nitrogens with one attached hydrogen (secondary N) is 1. The fraction of sp³-hybridized carbons (Fsp3) is 0.333. The lowest BCUT2D eigenvalue weighted by atomic mass is 10.3. The van der Waals surface area contributed by atoms with Gasteiger partial charge in [-0.25, -0.2) is 0 Å². The zero-order valence-electron chi connectivity index (χ0n) is 9.69. The van der Waals surface area contributed by atoms with Gasteiger partial charge in [-0.2, -0.15) is 0 Å². The number of aliphatic carboxylic acids is 1. The largest absolute Gasteiger partial charge is 0.493 e. The lowest BCUT2D eigenvalue weighted by Gasteiger charge is -2.06. The SMILES string of the molecule is O=C(O)CCNC(=O)CCOc1ccc(Br)cc1. The number of carbonyl (C=O) groups is 2. The van der Waals surface area contributed by atoms with Crippen LogP contribution in [0.1, 0.15) is 12.8 Å². The van der Waals surface area contributed by atoms with Gasteiger partial charge in [0.25, 0.3) is 0 Å². The summed E-state index contributed by atoms with van der Waals surface area (Å²) in [5.74, 6) is -0.452. The molecule has 0 atom stereocenters. The third kappa shape index (κ3) is 6.24. The predicted octanol–water partition coefficient (Wildman–Crippen LogP) is 1.81. The van der Waals surface area contributed by atoms with E-state index >= 15 is 0 Å². The van der Waals surface area contributed by atoms with Crippen LogP contribution < -0.4 is 10.1 Å². The van der Waals surface area contributed by atoms with Crippen LogP contribution in [0.15, 0.2) is 28.7 Å². The number of amides is 1. The van der Waals surface area contributed by atoms with Gasteiger partial charge >= 0.3 is 5.97 Å². The molecule has 0 unspecified atom stereocenters. The maximum absolute atomic E-state index is 11.3. The number of ether oxygens (including phenoxy) is 1. The Hall–Kier alpha value is -1.56. The molecule has 0 spiro atoms. The van der Waals surface area contributed by atoms with Gasteiger partial charge in [-0.3, -0.25) is 9.59 Å². The first-order valence-electron chi connectivity index (χ1n) is 5.45. The van der Waals surface area contributed by atoms with Crippen molar-refractivity contribution in [2.75, 3.05) is 13.2 Å². The molecule has 0 saturated heterocycles. The van der Waals surface area contributed by atoms with E-state index < -0.39 is 5.97 Å². The molecule has 0 bridgehead atoms. The molecule has 1 amide bonds. The van der Waals surface area contributed by atoms with Crippen molar-refractivity contribution in [3.8, 4) is 5.75 Å². The molecule has 0 aliphatic carbocycles. The molecule has 6 heteroatoms.